The van der Waals surface area contributed by atoms with Crippen molar-refractivity contribution in [1.29, 1.82) is 0 Å². The number of ether oxygens (including phenoxy) is 1. The van der Waals surface area contributed by atoms with Gasteiger partial charge in [0.1, 0.15) is 5.01 Å². The average molecular weight is 428 g/mol. The van der Waals surface area contributed by atoms with E-state index in [9.17, 15) is 9.59 Å². The molecule has 8 nitrogen and oxygen atoms in total. The van der Waals surface area contributed by atoms with Gasteiger partial charge in [0, 0.05) is 18.8 Å². The van der Waals surface area contributed by atoms with E-state index in [4.69, 9.17) is 4.74 Å². The number of nitrogens with one attached hydrogen (secondary N) is 1. The summed E-state index contributed by atoms with van der Waals surface area (Å²) < 4.78 is 6.72. The summed E-state index contributed by atoms with van der Waals surface area (Å²) in [5.74, 6) is -0.0586. The summed E-state index contributed by atoms with van der Waals surface area (Å²) in [5, 5.41) is 12.9. The van der Waals surface area contributed by atoms with Crippen LogP contribution in [0.4, 0.5) is 5.13 Å². The van der Waals surface area contributed by atoms with Gasteiger partial charge in [-0.25, -0.2) is 4.98 Å². The fourth-order valence-electron chi connectivity index (χ4n) is 2.55. The fourth-order valence-corrected chi connectivity index (χ4v) is 5.21. The third kappa shape index (κ3) is 4.89. The number of carbonyl (C=O) groups excluding carboxylic acids is 1. The molecular formula is C16H21N5O3S3. The molecule has 0 aliphatic carbocycles. The molecule has 0 bridgehead atoms. The summed E-state index contributed by atoms with van der Waals surface area (Å²) in [6.45, 7) is 4.88. The van der Waals surface area contributed by atoms with Gasteiger partial charge in [-0.1, -0.05) is 36.9 Å². The second-order valence-corrected chi connectivity index (χ2v) is 9.40. The largest absolute Gasteiger partial charge is 0.383 e. The van der Waals surface area contributed by atoms with Crippen LogP contribution in [-0.2, 0) is 28.9 Å². The number of aromatic nitrogens is 4. The molecule has 27 heavy (non-hydrogen) atoms. The SMILES string of the molecule is CCc1nnc(NC(=O)CSc2nc3c(c(=O)n2CCOC)S[C@H](C)C3)s1. The Morgan fingerprint density at radius 1 is 1.44 bits per heavy atom. The van der Waals surface area contributed by atoms with Gasteiger partial charge >= 0.3 is 0 Å². The van der Waals surface area contributed by atoms with Crippen LogP contribution >= 0.6 is 34.9 Å². The highest BCUT2D eigenvalue weighted by atomic mass is 32.2. The first-order valence-electron chi connectivity index (χ1n) is 8.56. The zero-order valence-electron chi connectivity index (χ0n) is 15.4. The van der Waals surface area contributed by atoms with Gasteiger partial charge in [0.2, 0.25) is 11.0 Å². The number of anilines is 1. The molecule has 3 heterocycles. The van der Waals surface area contributed by atoms with Gasteiger partial charge in [0.15, 0.2) is 5.16 Å². The third-order valence-corrected chi connectivity index (χ3v) is 7.00. The summed E-state index contributed by atoms with van der Waals surface area (Å²) in [6.07, 6.45) is 1.55. The quantitative estimate of drug-likeness (QED) is 0.505. The second-order valence-electron chi connectivity index (χ2n) is 5.94. The molecule has 2 aromatic heterocycles. The van der Waals surface area contributed by atoms with Crippen molar-refractivity contribution in [1.82, 2.24) is 19.7 Å². The number of rotatable bonds is 8. The Hall–Kier alpha value is -1.43. The molecule has 2 aromatic rings. The van der Waals surface area contributed by atoms with Crippen LogP contribution in [0, 0.1) is 0 Å². The maximum atomic E-state index is 12.8. The maximum Gasteiger partial charge on any atom is 0.268 e. The Morgan fingerprint density at radius 3 is 2.96 bits per heavy atom. The van der Waals surface area contributed by atoms with E-state index >= 15 is 0 Å². The molecule has 1 atom stereocenters. The second kappa shape index (κ2) is 9.18. The minimum absolute atomic E-state index is 0.0500. The predicted octanol–water partition coefficient (Wildman–Crippen LogP) is 2.07. The standard InChI is InChI=1S/C16H21N5O3S3/c1-4-12-19-20-15(27-12)18-11(22)8-25-16-17-10-7-9(2)26-13(10)14(23)21(16)5-6-24-3/h9H,4-8H2,1-3H3,(H,18,20,22)/t9-/m1/s1. The number of hydrogen-bond acceptors (Lipinski definition) is 9. The van der Waals surface area contributed by atoms with E-state index in [2.05, 4.69) is 27.4 Å². The molecule has 1 N–H and O–H groups in total. The molecule has 0 radical (unpaired) electrons. The number of fused-ring (bicyclic) bond motifs is 1. The summed E-state index contributed by atoms with van der Waals surface area (Å²) >= 11 is 4.18. The molecular weight excluding hydrogens is 406 g/mol. The van der Waals surface area contributed by atoms with Gasteiger partial charge < -0.3 is 4.74 Å². The molecule has 0 saturated heterocycles. The number of methoxy groups -OCH3 is 1. The van der Waals surface area contributed by atoms with E-state index in [0.717, 1.165) is 23.5 Å². The first-order chi connectivity index (χ1) is 13.0. The monoisotopic (exact) mass is 427 g/mol. The molecule has 11 heteroatoms. The maximum absolute atomic E-state index is 12.8. The Labute approximate surface area is 169 Å². The molecule has 3 rings (SSSR count). The minimum Gasteiger partial charge on any atom is -0.383 e. The summed E-state index contributed by atoms with van der Waals surface area (Å²) in [5.41, 5.74) is 0.775. The molecule has 0 saturated carbocycles. The van der Waals surface area contributed by atoms with Crippen LogP contribution in [-0.4, -0.2) is 50.4 Å². The Morgan fingerprint density at radius 2 is 2.26 bits per heavy atom. The summed E-state index contributed by atoms with van der Waals surface area (Å²) in [6, 6.07) is 0. The Kier molecular flexibility index (Phi) is 6.90. The lowest BCUT2D eigenvalue weighted by atomic mass is 10.2. The smallest absolute Gasteiger partial charge is 0.268 e. The number of nitrogens with zero attached hydrogens (tertiary/aromatic N) is 4. The lowest BCUT2D eigenvalue weighted by molar-refractivity contribution is -0.113. The van der Waals surface area contributed by atoms with Crippen molar-refractivity contribution < 1.29 is 9.53 Å². The lowest BCUT2D eigenvalue weighted by Gasteiger charge is -2.13. The Bertz CT molecular complexity index is 883. The van der Waals surface area contributed by atoms with Gasteiger partial charge in [-0.15, -0.1) is 22.0 Å². The van der Waals surface area contributed by atoms with Gasteiger partial charge in [-0.3, -0.25) is 19.5 Å². The van der Waals surface area contributed by atoms with Crippen LogP contribution < -0.4 is 10.9 Å². The van der Waals surface area contributed by atoms with E-state index in [0.29, 0.717) is 33.6 Å². The normalized spacial score (nSPS) is 15.7. The third-order valence-electron chi connectivity index (χ3n) is 3.83. The number of aryl methyl sites for hydroxylation is 1. The highest BCUT2D eigenvalue weighted by Gasteiger charge is 2.26. The summed E-state index contributed by atoms with van der Waals surface area (Å²) in [4.78, 5) is 30.4. The van der Waals surface area contributed by atoms with E-state index < -0.39 is 0 Å². The molecule has 0 spiro atoms. The van der Waals surface area contributed by atoms with Crippen molar-refractivity contribution in [2.24, 2.45) is 0 Å². The molecule has 146 valence electrons. The zero-order chi connectivity index (χ0) is 19.4. The van der Waals surface area contributed by atoms with Gasteiger partial charge in [-0.05, 0) is 6.42 Å². The highest BCUT2D eigenvalue weighted by molar-refractivity contribution is 8.00. The van der Waals surface area contributed by atoms with Crippen LogP contribution in [0.3, 0.4) is 0 Å². The van der Waals surface area contributed by atoms with E-state index in [-0.39, 0.29) is 17.2 Å². The van der Waals surface area contributed by atoms with Crippen LogP contribution in [0.5, 0.6) is 0 Å². The number of thioether (sulfide) groups is 2. The molecule has 0 fully saturated rings. The van der Waals surface area contributed by atoms with Crippen LogP contribution in [0.1, 0.15) is 24.5 Å². The molecule has 1 aliphatic rings. The van der Waals surface area contributed by atoms with E-state index in [1.807, 2.05) is 6.92 Å². The van der Waals surface area contributed by atoms with Crippen molar-refractivity contribution in [3.8, 4) is 0 Å². The van der Waals surface area contributed by atoms with Gasteiger partial charge in [0.05, 0.1) is 29.5 Å². The van der Waals surface area contributed by atoms with Crippen LogP contribution in [0.15, 0.2) is 14.8 Å². The van der Waals surface area contributed by atoms with Crippen molar-refractivity contribution >= 4 is 45.9 Å². The van der Waals surface area contributed by atoms with Gasteiger partial charge in [-0.2, -0.15) is 0 Å². The molecule has 1 amide bonds. The van der Waals surface area contributed by atoms with Crippen molar-refractivity contribution in [3.05, 3.63) is 21.1 Å². The van der Waals surface area contributed by atoms with Crippen molar-refractivity contribution in [3.63, 3.8) is 0 Å². The van der Waals surface area contributed by atoms with E-state index in [1.54, 1.807) is 23.4 Å². The number of amides is 1. The molecule has 1 aliphatic heterocycles. The topological polar surface area (TPSA) is 99.0 Å². The Balaban J connectivity index is 1.73. The first-order valence-corrected chi connectivity index (χ1v) is 11.2. The molecule has 0 aromatic carbocycles. The lowest BCUT2D eigenvalue weighted by Crippen LogP contribution is -2.27. The van der Waals surface area contributed by atoms with Crippen molar-refractivity contribution in [2.75, 3.05) is 24.8 Å². The zero-order valence-corrected chi connectivity index (χ0v) is 17.8. The highest BCUT2D eigenvalue weighted by Crippen LogP contribution is 2.34. The average Bonchev–Trinajstić information content (AvgIpc) is 3.25. The summed E-state index contributed by atoms with van der Waals surface area (Å²) in [7, 11) is 1.59. The van der Waals surface area contributed by atoms with Crippen LogP contribution in [0.25, 0.3) is 0 Å². The van der Waals surface area contributed by atoms with Gasteiger partial charge in [0.25, 0.3) is 5.56 Å². The number of hydrogen-bond donors (Lipinski definition) is 1. The van der Waals surface area contributed by atoms with Crippen molar-refractivity contribution in [2.45, 2.75) is 48.5 Å². The fraction of sp³-hybridized carbons (Fsp3) is 0.562. The number of carbonyl (C=O) groups is 1. The molecule has 0 unspecified atom stereocenters. The van der Waals surface area contributed by atoms with E-state index in [1.165, 1.54) is 23.1 Å². The van der Waals surface area contributed by atoms with Crippen LogP contribution in [0.2, 0.25) is 0 Å². The predicted molar refractivity (Wildman–Crippen MR) is 108 cm³/mol. The first kappa shape index (κ1) is 20.3. The minimum atomic E-state index is -0.199.